The summed E-state index contributed by atoms with van der Waals surface area (Å²) in [6.45, 7) is 6.16. The van der Waals surface area contributed by atoms with Gasteiger partial charge in [-0.25, -0.2) is 4.39 Å². The van der Waals surface area contributed by atoms with Crippen molar-refractivity contribution in [2.75, 3.05) is 7.05 Å². The standard InChI is InChI=1S/C17H20FN/c1-11-6-5-7-15(12(11)2)16-10-14(13(3)19-4)8-9-17(16)18/h5-10,13,19H,1-4H3. The van der Waals surface area contributed by atoms with Crippen LogP contribution in [-0.4, -0.2) is 7.05 Å². The molecule has 2 aromatic rings. The summed E-state index contributed by atoms with van der Waals surface area (Å²) in [5.74, 6) is -0.166. The smallest absolute Gasteiger partial charge is 0.131 e. The van der Waals surface area contributed by atoms with Gasteiger partial charge in [-0.3, -0.25) is 0 Å². The average Bonchev–Trinajstić information content (AvgIpc) is 2.42. The van der Waals surface area contributed by atoms with Crippen LogP contribution in [0.5, 0.6) is 0 Å². The van der Waals surface area contributed by atoms with Gasteiger partial charge in [0.1, 0.15) is 5.82 Å². The van der Waals surface area contributed by atoms with Crippen LogP contribution >= 0.6 is 0 Å². The van der Waals surface area contributed by atoms with Gasteiger partial charge in [0.15, 0.2) is 0 Å². The van der Waals surface area contributed by atoms with E-state index < -0.39 is 0 Å². The molecule has 0 bridgehead atoms. The Hall–Kier alpha value is -1.67. The van der Waals surface area contributed by atoms with E-state index in [0.29, 0.717) is 5.56 Å². The third kappa shape index (κ3) is 2.69. The van der Waals surface area contributed by atoms with E-state index in [9.17, 15) is 4.39 Å². The SMILES string of the molecule is CNC(C)c1ccc(F)c(-c2cccc(C)c2C)c1. The van der Waals surface area contributed by atoms with Crippen LogP contribution in [0.4, 0.5) is 4.39 Å². The average molecular weight is 257 g/mol. The number of benzene rings is 2. The highest BCUT2D eigenvalue weighted by Gasteiger charge is 2.12. The molecule has 0 aliphatic carbocycles. The third-order valence-electron chi connectivity index (χ3n) is 3.82. The normalized spacial score (nSPS) is 12.5. The van der Waals surface area contributed by atoms with Crippen molar-refractivity contribution in [3.05, 3.63) is 58.9 Å². The molecule has 19 heavy (non-hydrogen) atoms. The summed E-state index contributed by atoms with van der Waals surface area (Å²) in [5.41, 5.74) is 5.07. The molecule has 2 heteroatoms. The maximum Gasteiger partial charge on any atom is 0.131 e. The number of rotatable bonds is 3. The van der Waals surface area contributed by atoms with Crippen molar-refractivity contribution >= 4 is 0 Å². The first-order valence-corrected chi connectivity index (χ1v) is 6.58. The predicted octanol–water partition coefficient (Wildman–Crippen LogP) is 4.39. The molecule has 0 saturated heterocycles. The summed E-state index contributed by atoms with van der Waals surface area (Å²) in [5, 5.41) is 3.18. The predicted molar refractivity (Wildman–Crippen MR) is 78.8 cm³/mol. The second-order valence-electron chi connectivity index (χ2n) is 5.00. The minimum atomic E-state index is -0.166. The van der Waals surface area contributed by atoms with E-state index >= 15 is 0 Å². The van der Waals surface area contributed by atoms with Crippen molar-refractivity contribution in [2.24, 2.45) is 0 Å². The van der Waals surface area contributed by atoms with Crippen molar-refractivity contribution < 1.29 is 4.39 Å². The van der Waals surface area contributed by atoms with Gasteiger partial charge in [0.25, 0.3) is 0 Å². The Labute approximate surface area is 114 Å². The van der Waals surface area contributed by atoms with Crippen LogP contribution in [0.25, 0.3) is 11.1 Å². The van der Waals surface area contributed by atoms with Gasteiger partial charge in [-0.15, -0.1) is 0 Å². The van der Waals surface area contributed by atoms with Gasteiger partial charge < -0.3 is 5.32 Å². The van der Waals surface area contributed by atoms with E-state index in [0.717, 1.165) is 16.7 Å². The Balaban J connectivity index is 2.58. The Morgan fingerprint density at radius 2 is 1.79 bits per heavy atom. The molecule has 0 aliphatic heterocycles. The highest BCUT2D eigenvalue weighted by molar-refractivity contribution is 5.69. The number of hydrogen-bond acceptors (Lipinski definition) is 1. The highest BCUT2D eigenvalue weighted by Crippen LogP contribution is 2.30. The van der Waals surface area contributed by atoms with Crippen LogP contribution < -0.4 is 5.32 Å². The summed E-state index contributed by atoms with van der Waals surface area (Å²) >= 11 is 0. The first kappa shape index (κ1) is 13.8. The largest absolute Gasteiger partial charge is 0.313 e. The molecule has 2 rings (SSSR count). The minimum absolute atomic E-state index is 0.166. The number of halogens is 1. The molecule has 1 unspecified atom stereocenters. The van der Waals surface area contributed by atoms with Crippen LogP contribution in [0.2, 0.25) is 0 Å². The number of hydrogen-bond donors (Lipinski definition) is 1. The molecule has 0 aliphatic rings. The lowest BCUT2D eigenvalue weighted by atomic mass is 9.94. The fourth-order valence-corrected chi connectivity index (χ4v) is 2.23. The van der Waals surface area contributed by atoms with E-state index in [2.05, 4.69) is 25.2 Å². The van der Waals surface area contributed by atoms with Gasteiger partial charge in [-0.05, 0) is 62.2 Å². The molecular formula is C17H20FN. The molecule has 0 radical (unpaired) electrons. The Bertz CT molecular complexity index is 590. The fourth-order valence-electron chi connectivity index (χ4n) is 2.23. The summed E-state index contributed by atoms with van der Waals surface area (Å²) in [4.78, 5) is 0. The van der Waals surface area contributed by atoms with Crippen LogP contribution in [0.15, 0.2) is 36.4 Å². The first-order valence-electron chi connectivity index (χ1n) is 6.58. The summed E-state index contributed by atoms with van der Waals surface area (Å²) < 4.78 is 14.1. The minimum Gasteiger partial charge on any atom is -0.313 e. The lowest BCUT2D eigenvalue weighted by Crippen LogP contribution is -2.12. The van der Waals surface area contributed by atoms with Gasteiger partial charge in [-0.2, -0.15) is 0 Å². The number of aryl methyl sites for hydroxylation is 1. The quantitative estimate of drug-likeness (QED) is 0.860. The maximum absolute atomic E-state index is 14.1. The topological polar surface area (TPSA) is 12.0 Å². The molecule has 1 N–H and O–H groups in total. The zero-order valence-electron chi connectivity index (χ0n) is 11.9. The highest BCUT2D eigenvalue weighted by atomic mass is 19.1. The van der Waals surface area contributed by atoms with Gasteiger partial charge in [0.05, 0.1) is 0 Å². The van der Waals surface area contributed by atoms with Gasteiger partial charge >= 0.3 is 0 Å². The molecular weight excluding hydrogens is 237 g/mol. The van der Waals surface area contributed by atoms with E-state index in [4.69, 9.17) is 0 Å². The van der Waals surface area contributed by atoms with E-state index in [-0.39, 0.29) is 11.9 Å². The third-order valence-corrected chi connectivity index (χ3v) is 3.82. The van der Waals surface area contributed by atoms with Gasteiger partial charge in [0, 0.05) is 11.6 Å². The van der Waals surface area contributed by atoms with Crippen LogP contribution in [-0.2, 0) is 0 Å². The molecule has 0 amide bonds. The molecule has 0 heterocycles. The molecule has 0 saturated carbocycles. The first-order chi connectivity index (χ1) is 9.04. The molecule has 100 valence electrons. The lowest BCUT2D eigenvalue weighted by molar-refractivity contribution is 0.622. The van der Waals surface area contributed by atoms with Crippen molar-refractivity contribution in [3.63, 3.8) is 0 Å². The van der Waals surface area contributed by atoms with Crippen LogP contribution in [0.3, 0.4) is 0 Å². The lowest BCUT2D eigenvalue weighted by Gasteiger charge is -2.15. The summed E-state index contributed by atoms with van der Waals surface area (Å²) in [7, 11) is 1.91. The van der Waals surface area contributed by atoms with Crippen LogP contribution in [0, 0.1) is 19.7 Å². The summed E-state index contributed by atoms with van der Waals surface area (Å²) in [6.07, 6.45) is 0. The van der Waals surface area contributed by atoms with Crippen LogP contribution in [0.1, 0.15) is 29.7 Å². The van der Waals surface area contributed by atoms with Gasteiger partial charge in [-0.1, -0.05) is 24.3 Å². The monoisotopic (exact) mass is 257 g/mol. The Kier molecular flexibility index (Phi) is 4.01. The molecule has 2 aromatic carbocycles. The Morgan fingerprint density at radius 1 is 1.05 bits per heavy atom. The second-order valence-corrected chi connectivity index (χ2v) is 5.00. The van der Waals surface area contributed by atoms with E-state index in [1.165, 1.54) is 5.56 Å². The molecule has 1 atom stereocenters. The summed E-state index contributed by atoms with van der Waals surface area (Å²) in [6, 6.07) is 11.6. The van der Waals surface area contributed by atoms with Crippen molar-refractivity contribution in [3.8, 4) is 11.1 Å². The molecule has 1 nitrogen and oxygen atoms in total. The van der Waals surface area contributed by atoms with Crippen molar-refractivity contribution in [1.29, 1.82) is 0 Å². The zero-order valence-corrected chi connectivity index (χ0v) is 11.9. The van der Waals surface area contributed by atoms with Crippen molar-refractivity contribution in [2.45, 2.75) is 26.8 Å². The second kappa shape index (κ2) is 5.54. The Morgan fingerprint density at radius 3 is 2.47 bits per heavy atom. The molecule has 0 fully saturated rings. The van der Waals surface area contributed by atoms with Gasteiger partial charge in [0.2, 0.25) is 0 Å². The van der Waals surface area contributed by atoms with E-state index in [1.807, 2.05) is 38.2 Å². The zero-order chi connectivity index (χ0) is 14.0. The fraction of sp³-hybridized carbons (Fsp3) is 0.294. The van der Waals surface area contributed by atoms with Crippen molar-refractivity contribution in [1.82, 2.24) is 5.32 Å². The number of nitrogens with one attached hydrogen (secondary N) is 1. The maximum atomic E-state index is 14.1. The molecule has 0 aromatic heterocycles. The molecule has 0 spiro atoms. The van der Waals surface area contributed by atoms with E-state index in [1.54, 1.807) is 6.07 Å².